The van der Waals surface area contributed by atoms with Crippen LogP contribution in [0.4, 0.5) is 0 Å². The number of hydrogen-bond acceptors (Lipinski definition) is 4. The quantitative estimate of drug-likeness (QED) is 0.667. The molecule has 1 aliphatic rings. The van der Waals surface area contributed by atoms with Crippen molar-refractivity contribution in [3.63, 3.8) is 0 Å². The van der Waals surface area contributed by atoms with Crippen LogP contribution >= 0.6 is 0 Å². The number of aromatic amines is 1. The lowest BCUT2D eigenvalue weighted by atomic mass is 10.2. The van der Waals surface area contributed by atoms with Gasteiger partial charge in [0.15, 0.2) is 0 Å². The van der Waals surface area contributed by atoms with Crippen molar-refractivity contribution >= 4 is 10.0 Å². The van der Waals surface area contributed by atoms with Crippen LogP contribution in [0.3, 0.4) is 0 Å². The molecule has 0 aliphatic carbocycles. The minimum Gasteiger partial charge on any atom is -0.395 e. The summed E-state index contributed by atoms with van der Waals surface area (Å²) in [6, 6.07) is 1.71. The molecule has 3 N–H and O–H groups in total. The molecule has 102 valence electrons. The Morgan fingerprint density at radius 1 is 1.50 bits per heavy atom. The second kappa shape index (κ2) is 5.83. The molecular formula is C11H19N3O3S. The first-order valence-corrected chi connectivity index (χ1v) is 7.56. The van der Waals surface area contributed by atoms with Crippen molar-refractivity contribution in [3.8, 4) is 0 Å². The summed E-state index contributed by atoms with van der Waals surface area (Å²) in [5.74, 6) is 0. The maximum absolute atomic E-state index is 12.3. The van der Waals surface area contributed by atoms with E-state index in [0.717, 1.165) is 19.4 Å². The molecule has 1 aromatic rings. The summed E-state index contributed by atoms with van der Waals surface area (Å²) in [5, 5.41) is 12.3. The molecule has 18 heavy (non-hydrogen) atoms. The second-order valence-electron chi connectivity index (χ2n) is 4.43. The van der Waals surface area contributed by atoms with E-state index >= 15 is 0 Å². The highest BCUT2D eigenvalue weighted by molar-refractivity contribution is 7.89. The summed E-state index contributed by atoms with van der Waals surface area (Å²) in [6.45, 7) is 1.30. The second-order valence-corrected chi connectivity index (χ2v) is 6.36. The van der Waals surface area contributed by atoms with Crippen LogP contribution in [0.5, 0.6) is 0 Å². The zero-order valence-electron chi connectivity index (χ0n) is 10.2. The molecule has 0 saturated carbocycles. The minimum atomic E-state index is -3.51. The van der Waals surface area contributed by atoms with E-state index in [4.69, 9.17) is 5.11 Å². The van der Waals surface area contributed by atoms with E-state index in [2.05, 4.69) is 10.3 Å². The van der Waals surface area contributed by atoms with Gasteiger partial charge < -0.3 is 15.4 Å². The molecule has 1 unspecified atom stereocenters. The zero-order chi connectivity index (χ0) is 13.0. The minimum absolute atomic E-state index is 0.131. The molecule has 1 fully saturated rings. The van der Waals surface area contributed by atoms with E-state index in [-0.39, 0.29) is 24.1 Å². The van der Waals surface area contributed by atoms with Gasteiger partial charge in [-0.3, -0.25) is 0 Å². The smallest absolute Gasteiger partial charge is 0.244 e. The van der Waals surface area contributed by atoms with Gasteiger partial charge in [0.05, 0.1) is 11.5 Å². The van der Waals surface area contributed by atoms with Crippen LogP contribution in [0.2, 0.25) is 0 Å². The van der Waals surface area contributed by atoms with E-state index in [1.54, 1.807) is 6.20 Å². The molecule has 0 radical (unpaired) electrons. The molecule has 0 aromatic carbocycles. The number of nitrogens with one attached hydrogen (secondary N) is 2. The van der Waals surface area contributed by atoms with E-state index in [9.17, 15) is 8.42 Å². The first kappa shape index (κ1) is 13.5. The monoisotopic (exact) mass is 273 g/mol. The van der Waals surface area contributed by atoms with Crippen molar-refractivity contribution in [2.75, 3.05) is 26.2 Å². The van der Waals surface area contributed by atoms with Gasteiger partial charge in [-0.1, -0.05) is 0 Å². The number of nitrogens with zero attached hydrogens (tertiary/aromatic N) is 1. The van der Waals surface area contributed by atoms with E-state index < -0.39 is 10.0 Å². The van der Waals surface area contributed by atoms with Gasteiger partial charge in [0.2, 0.25) is 10.0 Å². The van der Waals surface area contributed by atoms with Gasteiger partial charge in [-0.05, 0) is 25.5 Å². The van der Waals surface area contributed by atoms with Crippen LogP contribution in [0.1, 0.15) is 12.8 Å². The molecule has 0 amide bonds. The summed E-state index contributed by atoms with van der Waals surface area (Å²) in [7, 11) is -3.51. The van der Waals surface area contributed by atoms with Crippen molar-refractivity contribution < 1.29 is 13.5 Å². The van der Waals surface area contributed by atoms with Crippen LogP contribution in [-0.2, 0) is 10.0 Å². The summed E-state index contributed by atoms with van der Waals surface area (Å²) in [4.78, 5) is 2.99. The van der Waals surface area contributed by atoms with Crippen molar-refractivity contribution in [1.29, 1.82) is 0 Å². The summed E-state index contributed by atoms with van der Waals surface area (Å²) >= 11 is 0. The average Bonchev–Trinajstić information content (AvgIpc) is 3.01. The number of hydrogen-bond donors (Lipinski definition) is 3. The third-order valence-corrected chi connectivity index (χ3v) is 5.00. The summed E-state index contributed by atoms with van der Waals surface area (Å²) in [6.07, 6.45) is 5.09. The van der Waals surface area contributed by atoms with E-state index in [0.29, 0.717) is 6.54 Å². The predicted octanol–water partition coefficient (Wildman–Crippen LogP) is -0.250. The molecule has 2 rings (SSSR count). The fourth-order valence-corrected chi connectivity index (χ4v) is 3.65. The fourth-order valence-electron chi connectivity index (χ4n) is 2.20. The largest absolute Gasteiger partial charge is 0.395 e. The Kier molecular flexibility index (Phi) is 4.39. The van der Waals surface area contributed by atoms with Gasteiger partial charge in [0.1, 0.15) is 0 Å². The molecule has 6 nitrogen and oxygen atoms in total. The van der Waals surface area contributed by atoms with Crippen molar-refractivity contribution in [1.82, 2.24) is 14.6 Å². The van der Waals surface area contributed by atoms with Crippen molar-refractivity contribution in [3.05, 3.63) is 18.5 Å². The maximum atomic E-state index is 12.3. The Labute approximate surface area is 107 Å². The Bertz CT molecular complexity index is 452. The highest BCUT2D eigenvalue weighted by Crippen LogP contribution is 2.16. The molecule has 1 aliphatic heterocycles. The topological polar surface area (TPSA) is 85.4 Å². The van der Waals surface area contributed by atoms with Gasteiger partial charge in [-0.15, -0.1) is 0 Å². The molecule has 0 spiro atoms. The highest BCUT2D eigenvalue weighted by Gasteiger charge is 2.28. The van der Waals surface area contributed by atoms with E-state index in [1.165, 1.54) is 16.6 Å². The number of H-pyrrole nitrogens is 1. The van der Waals surface area contributed by atoms with Gasteiger partial charge >= 0.3 is 0 Å². The average molecular weight is 273 g/mol. The van der Waals surface area contributed by atoms with Crippen molar-refractivity contribution in [2.24, 2.45) is 0 Å². The molecule has 0 bridgehead atoms. The highest BCUT2D eigenvalue weighted by atomic mass is 32.2. The third kappa shape index (κ3) is 2.92. The molecular weight excluding hydrogens is 254 g/mol. The lowest BCUT2D eigenvalue weighted by Gasteiger charge is -2.24. The lowest BCUT2D eigenvalue weighted by molar-refractivity contribution is 0.246. The lowest BCUT2D eigenvalue weighted by Crippen LogP contribution is -2.42. The van der Waals surface area contributed by atoms with Crippen LogP contribution in [0, 0.1) is 0 Å². The SMILES string of the molecule is O=S(=O)(c1cc[nH]c1)N(CCO)CC1CCCN1. The first-order chi connectivity index (χ1) is 8.64. The third-order valence-electron chi connectivity index (χ3n) is 3.14. The van der Waals surface area contributed by atoms with E-state index in [1.807, 2.05) is 0 Å². The van der Waals surface area contributed by atoms with Gasteiger partial charge in [-0.2, -0.15) is 4.31 Å². The number of aromatic nitrogens is 1. The molecule has 7 heteroatoms. The Morgan fingerprint density at radius 3 is 2.89 bits per heavy atom. The van der Waals surface area contributed by atoms with Crippen LogP contribution < -0.4 is 5.32 Å². The predicted molar refractivity (Wildman–Crippen MR) is 67.7 cm³/mol. The van der Waals surface area contributed by atoms with Gasteiger partial charge in [-0.25, -0.2) is 8.42 Å². The van der Waals surface area contributed by atoms with Crippen molar-refractivity contribution in [2.45, 2.75) is 23.8 Å². The van der Waals surface area contributed by atoms with Gasteiger partial charge in [0.25, 0.3) is 0 Å². The Morgan fingerprint density at radius 2 is 2.33 bits per heavy atom. The van der Waals surface area contributed by atoms with Crippen LogP contribution in [0.15, 0.2) is 23.4 Å². The number of aliphatic hydroxyl groups excluding tert-OH is 1. The molecule has 1 saturated heterocycles. The molecule has 1 aromatic heterocycles. The number of sulfonamides is 1. The maximum Gasteiger partial charge on any atom is 0.244 e. The normalized spacial score (nSPS) is 20.7. The Balaban J connectivity index is 2.13. The summed E-state index contributed by atoms with van der Waals surface area (Å²) < 4.78 is 26.0. The van der Waals surface area contributed by atoms with Crippen LogP contribution in [0.25, 0.3) is 0 Å². The Hall–Kier alpha value is -0.890. The zero-order valence-corrected chi connectivity index (χ0v) is 11.0. The first-order valence-electron chi connectivity index (χ1n) is 6.12. The van der Waals surface area contributed by atoms with Crippen LogP contribution in [-0.4, -0.2) is 55.1 Å². The van der Waals surface area contributed by atoms with Gasteiger partial charge in [0, 0.05) is 31.5 Å². The number of rotatable bonds is 6. The molecule has 2 heterocycles. The molecule has 1 atom stereocenters. The standard InChI is InChI=1S/C11H19N3O3S/c15-7-6-14(9-10-2-1-4-13-10)18(16,17)11-3-5-12-8-11/h3,5,8,10,12-13,15H,1-2,4,6-7,9H2. The summed E-state index contributed by atoms with van der Waals surface area (Å²) in [5.41, 5.74) is 0. The fraction of sp³-hybridized carbons (Fsp3) is 0.636. The number of aliphatic hydroxyl groups is 1.